The Labute approximate surface area is 98.6 Å². The van der Waals surface area contributed by atoms with Crippen LogP contribution in [0.2, 0.25) is 5.02 Å². The van der Waals surface area contributed by atoms with Crippen LogP contribution >= 0.6 is 24.0 Å². The molecule has 2 rings (SSSR count). The SMILES string of the molecule is Cl.NC1(C(=O)O)CC1c1cccc(Cl)c1. The number of hydrogen-bond acceptors (Lipinski definition) is 2. The summed E-state index contributed by atoms with van der Waals surface area (Å²) in [6, 6.07) is 7.18. The van der Waals surface area contributed by atoms with Gasteiger partial charge in [0.05, 0.1) is 0 Å². The van der Waals surface area contributed by atoms with Crippen molar-refractivity contribution >= 4 is 30.0 Å². The van der Waals surface area contributed by atoms with Gasteiger partial charge in [-0.15, -0.1) is 12.4 Å². The van der Waals surface area contributed by atoms with E-state index >= 15 is 0 Å². The first-order valence-electron chi connectivity index (χ1n) is 4.32. The van der Waals surface area contributed by atoms with Crippen LogP contribution in [0.3, 0.4) is 0 Å². The zero-order valence-electron chi connectivity index (χ0n) is 7.81. The van der Waals surface area contributed by atoms with E-state index in [0.717, 1.165) is 5.56 Å². The molecule has 0 bridgehead atoms. The van der Waals surface area contributed by atoms with E-state index in [-0.39, 0.29) is 18.3 Å². The molecule has 1 aliphatic carbocycles. The minimum absolute atomic E-state index is 0. The molecule has 1 aromatic carbocycles. The lowest BCUT2D eigenvalue weighted by Gasteiger charge is -2.05. The third-order valence-corrected chi connectivity index (χ3v) is 2.89. The molecule has 82 valence electrons. The van der Waals surface area contributed by atoms with Crippen LogP contribution in [0, 0.1) is 0 Å². The molecule has 5 heteroatoms. The zero-order valence-corrected chi connectivity index (χ0v) is 9.39. The maximum atomic E-state index is 10.8. The van der Waals surface area contributed by atoms with Gasteiger partial charge in [-0.3, -0.25) is 4.79 Å². The Balaban J connectivity index is 0.00000112. The van der Waals surface area contributed by atoms with Gasteiger partial charge in [0.15, 0.2) is 0 Å². The summed E-state index contributed by atoms with van der Waals surface area (Å²) >= 11 is 5.80. The molecule has 0 aromatic heterocycles. The van der Waals surface area contributed by atoms with E-state index in [4.69, 9.17) is 22.4 Å². The summed E-state index contributed by atoms with van der Waals surface area (Å²) in [5, 5.41) is 9.47. The molecular formula is C10H11Cl2NO2. The van der Waals surface area contributed by atoms with Crippen molar-refractivity contribution in [3.8, 4) is 0 Å². The Morgan fingerprint density at radius 2 is 2.27 bits per heavy atom. The van der Waals surface area contributed by atoms with E-state index in [2.05, 4.69) is 0 Å². The van der Waals surface area contributed by atoms with Gasteiger partial charge in [-0.25, -0.2) is 0 Å². The van der Waals surface area contributed by atoms with E-state index in [1.54, 1.807) is 18.2 Å². The standard InChI is InChI=1S/C10H10ClNO2.ClH/c11-7-3-1-2-6(4-7)8-5-10(8,12)9(13)14;/h1-4,8H,5,12H2,(H,13,14);1H. The normalized spacial score (nSPS) is 28.0. The summed E-state index contributed by atoms with van der Waals surface area (Å²) in [5.74, 6) is -1.04. The topological polar surface area (TPSA) is 63.3 Å². The first-order valence-corrected chi connectivity index (χ1v) is 4.69. The molecular weight excluding hydrogens is 237 g/mol. The fraction of sp³-hybridized carbons (Fsp3) is 0.300. The van der Waals surface area contributed by atoms with Gasteiger partial charge >= 0.3 is 5.97 Å². The van der Waals surface area contributed by atoms with E-state index in [1.165, 1.54) is 0 Å². The number of halogens is 2. The number of carboxylic acids is 1. The maximum absolute atomic E-state index is 10.8. The fourth-order valence-corrected chi connectivity index (χ4v) is 1.85. The number of aliphatic carboxylic acids is 1. The molecule has 1 fully saturated rings. The summed E-state index contributed by atoms with van der Waals surface area (Å²) < 4.78 is 0. The van der Waals surface area contributed by atoms with Gasteiger partial charge in [0.25, 0.3) is 0 Å². The zero-order chi connectivity index (χ0) is 10.3. The molecule has 0 radical (unpaired) electrons. The first kappa shape index (κ1) is 12.3. The van der Waals surface area contributed by atoms with Gasteiger partial charge < -0.3 is 10.8 Å². The lowest BCUT2D eigenvalue weighted by atomic mass is 10.1. The van der Waals surface area contributed by atoms with Gasteiger partial charge in [-0.2, -0.15) is 0 Å². The van der Waals surface area contributed by atoms with Crippen LogP contribution < -0.4 is 5.73 Å². The molecule has 3 nitrogen and oxygen atoms in total. The summed E-state index contributed by atoms with van der Waals surface area (Å²) in [6.45, 7) is 0. The number of benzene rings is 1. The molecule has 15 heavy (non-hydrogen) atoms. The van der Waals surface area contributed by atoms with E-state index in [1.807, 2.05) is 6.07 Å². The highest BCUT2D eigenvalue weighted by Crippen LogP contribution is 2.49. The van der Waals surface area contributed by atoms with Crippen LogP contribution in [0.25, 0.3) is 0 Å². The van der Waals surface area contributed by atoms with Crippen LogP contribution in [-0.4, -0.2) is 16.6 Å². The number of carbonyl (C=O) groups is 1. The predicted octanol–water partition coefficient (Wildman–Crippen LogP) is 2.03. The second kappa shape index (κ2) is 4.00. The van der Waals surface area contributed by atoms with Crippen LogP contribution in [0.15, 0.2) is 24.3 Å². The van der Waals surface area contributed by atoms with Crippen molar-refractivity contribution in [1.82, 2.24) is 0 Å². The van der Waals surface area contributed by atoms with E-state index in [0.29, 0.717) is 11.4 Å². The average molecular weight is 248 g/mol. The molecule has 3 N–H and O–H groups in total. The molecule has 0 saturated heterocycles. The minimum Gasteiger partial charge on any atom is -0.480 e. The molecule has 0 amide bonds. The highest BCUT2D eigenvalue weighted by atomic mass is 35.5. The molecule has 1 saturated carbocycles. The van der Waals surface area contributed by atoms with Crippen molar-refractivity contribution in [3.05, 3.63) is 34.9 Å². The van der Waals surface area contributed by atoms with Crippen LogP contribution in [0.5, 0.6) is 0 Å². The smallest absolute Gasteiger partial charge is 0.324 e. The third-order valence-electron chi connectivity index (χ3n) is 2.65. The van der Waals surface area contributed by atoms with Crippen LogP contribution in [0.1, 0.15) is 17.9 Å². The average Bonchev–Trinajstić information content (AvgIpc) is 2.80. The van der Waals surface area contributed by atoms with Crippen molar-refractivity contribution in [2.75, 3.05) is 0 Å². The van der Waals surface area contributed by atoms with Crippen molar-refractivity contribution in [1.29, 1.82) is 0 Å². The van der Waals surface area contributed by atoms with Crippen molar-refractivity contribution in [2.45, 2.75) is 17.9 Å². The summed E-state index contributed by atoms with van der Waals surface area (Å²) in [5.41, 5.74) is 5.50. The maximum Gasteiger partial charge on any atom is 0.324 e. The van der Waals surface area contributed by atoms with Gasteiger partial charge in [0, 0.05) is 10.9 Å². The Kier molecular flexibility index (Phi) is 3.28. The Hall–Kier alpha value is -0.770. The molecule has 0 aliphatic heterocycles. The monoisotopic (exact) mass is 247 g/mol. The van der Waals surface area contributed by atoms with Crippen molar-refractivity contribution < 1.29 is 9.90 Å². The molecule has 0 spiro atoms. The highest BCUT2D eigenvalue weighted by molar-refractivity contribution is 6.30. The predicted molar refractivity (Wildman–Crippen MR) is 60.6 cm³/mol. The van der Waals surface area contributed by atoms with E-state index in [9.17, 15) is 4.79 Å². The largest absolute Gasteiger partial charge is 0.480 e. The molecule has 2 atom stereocenters. The van der Waals surface area contributed by atoms with Gasteiger partial charge in [-0.05, 0) is 24.1 Å². The fourth-order valence-electron chi connectivity index (χ4n) is 1.65. The quantitative estimate of drug-likeness (QED) is 0.841. The Morgan fingerprint density at radius 3 is 2.73 bits per heavy atom. The van der Waals surface area contributed by atoms with Gasteiger partial charge in [0.1, 0.15) is 5.54 Å². The Bertz CT molecular complexity index is 397. The number of carboxylic acid groups (broad SMARTS) is 1. The first-order chi connectivity index (χ1) is 6.54. The van der Waals surface area contributed by atoms with Crippen LogP contribution in [-0.2, 0) is 4.79 Å². The molecule has 1 aromatic rings. The molecule has 2 unspecified atom stereocenters. The lowest BCUT2D eigenvalue weighted by Crippen LogP contribution is -2.34. The summed E-state index contributed by atoms with van der Waals surface area (Å²) in [6.07, 6.45) is 0.489. The summed E-state index contributed by atoms with van der Waals surface area (Å²) in [4.78, 5) is 10.8. The number of nitrogens with two attached hydrogens (primary N) is 1. The number of hydrogen-bond donors (Lipinski definition) is 2. The number of rotatable bonds is 2. The Morgan fingerprint density at radius 1 is 1.60 bits per heavy atom. The van der Waals surface area contributed by atoms with Crippen molar-refractivity contribution in [2.24, 2.45) is 5.73 Å². The van der Waals surface area contributed by atoms with E-state index < -0.39 is 11.5 Å². The summed E-state index contributed by atoms with van der Waals surface area (Å²) in [7, 11) is 0. The molecule has 0 heterocycles. The van der Waals surface area contributed by atoms with Gasteiger partial charge in [0.2, 0.25) is 0 Å². The lowest BCUT2D eigenvalue weighted by molar-refractivity contribution is -0.139. The second-order valence-corrected chi connectivity index (χ2v) is 4.09. The van der Waals surface area contributed by atoms with Crippen LogP contribution in [0.4, 0.5) is 0 Å². The highest BCUT2D eigenvalue weighted by Gasteiger charge is 2.58. The third kappa shape index (κ3) is 2.09. The second-order valence-electron chi connectivity index (χ2n) is 3.66. The van der Waals surface area contributed by atoms with Gasteiger partial charge in [-0.1, -0.05) is 23.7 Å². The molecule has 1 aliphatic rings. The minimum atomic E-state index is -1.08. The van der Waals surface area contributed by atoms with Crippen molar-refractivity contribution in [3.63, 3.8) is 0 Å².